The standard InChI is InChI=1S/C28H36N4O6/c33-27(31-15-21-17-35-23-8-1-3-10-25(23)37-21)29-13-19-6-5-7-20(12-19)14-30-28(34)32-16-22-18-36-24-9-2-4-11-26(24)38-22/h1-4,8-11,19-22H,5-7,12-18H2,(H2,29,31,33)(H2,30,32,34)/t19-,20+,21+,22-. The Morgan fingerprint density at radius 2 is 1.05 bits per heavy atom. The van der Waals surface area contributed by atoms with Crippen LogP contribution in [0.4, 0.5) is 9.59 Å². The highest BCUT2D eigenvalue weighted by atomic mass is 16.6. The third-order valence-electron chi connectivity index (χ3n) is 7.11. The Bertz CT molecular complexity index is 1020. The molecule has 4 atom stereocenters. The molecule has 0 bridgehead atoms. The molecule has 0 radical (unpaired) electrons. The number of para-hydroxylation sites is 4. The first kappa shape index (κ1) is 25.8. The topological polar surface area (TPSA) is 119 Å². The molecular formula is C28H36N4O6. The molecule has 0 saturated heterocycles. The summed E-state index contributed by atoms with van der Waals surface area (Å²) in [5.74, 6) is 3.63. The third kappa shape index (κ3) is 7.14. The number of urea groups is 2. The lowest BCUT2D eigenvalue weighted by Gasteiger charge is -2.30. The van der Waals surface area contributed by atoms with Gasteiger partial charge < -0.3 is 40.2 Å². The van der Waals surface area contributed by atoms with E-state index >= 15 is 0 Å². The second-order valence-electron chi connectivity index (χ2n) is 10.1. The molecule has 38 heavy (non-hydrogen) atoms. The highest BCUT2D eigenvalue weighted by Gasteiger charge is 2.25. The van der Waals surface area contributed by atoms with Gasteiger partial charge in [0.25, 0.3) is 0 Å². The number of amides is 4. The molecule has 1 aliphatic carbocycles. The molecule has 10 nitrogen and oxygen atoms in total. The monoisotopic (exact) mass is 524 g/mol. The van der Waals surface area contributed by atoms with E-state index in [9.17, 15) is 9.59 Å². The molecule has 5 rings (SSSR count). The Morgan fingerprint density at radius 1 is 0.632 bits per heavy atom. The predicted molar refractivity (Wildman–Crippen MR) is 141 cm³/mol. The van der Waals surface area contributed by atoms with Crippen LogP contribution in [0.5, 0.6) is 23.0 Å². The minimum atomic E-state index is -0.222. The maximum absolute atomic E-state index is 12.3. The first-order chi connectivity index (χ1) is 18.6. The summed E-state index contributed by atoms with van der Waals surface area (Å²) in [6.45, 7) is 2.77. The average molecular weight is 525 g/mol. The molecule has 2 aromatic carbocycles. The van der Waals surface area contributed by atoms with Crippen molar-refractivity contribution >= 4 is 12.1 Å². The zero-order chi connectivity index (χ0) is 26.2. The van der Waals surface area contributed by atoms with E-state index in [1.807, 2.05) is 48.5 Å². The Kier molecular flexibility index (Phi) is 8.57. The molecule has 2 aliphatic heterocycles. The number of benzene rings is 2. The molecule has 0 aromatic heterocycles. The molecule has 0 unspecified atom stereocenters. The largest absolute Gasteiger partial charge is 0.486 e. The van der Waals surface area contributed by atoms with E-state index in [0.717, 1.165) is 37.2 Å². The Morgan fingerprint density at radius 3 is 1.53 bits per heavy atom. The van der Waals surface area contributed by atoms with Crippen molar-refractivity contribution in [2.45, 2.75) is 37.9 Å². The van der Waals surface area contributed by atoms with Crippen molar-refractivity contribution in [1.29, 1.82) is 0 Å². The van der Waals surface area contributed by atoms with Gasteiger partial charge in [0.2, 0.25) is 0 Å². The molecule has 1 saturated carbocycles. The number of hydrogen-bond acceptors (Lipinski definition) is 6. The molecule has 2 heterocycles. The molecule has 10 heteroatoms. The fourth-order valence-corrected chi connectivity index (χ4v) is 5.11. The number of ether oxygens (including phenoxy) is 4. The Balaban J connectivity index is 0.944. The van der Waals surface area contributed by atoms with E-state index in [-0.39, 0.29) is 24.3 Å². The van der Waals surface area contributed by atoms with E-state index in [1.165, 1.54) is 0 Å². The van der Waals surface area contributed by atoms with Crippen LogP contribution in [0.1, 0.15) is 25.7 Å². The van der Waals surface area contributed by atoms with E-state index < -0.39 is 0 Å². The zero-order valence-corrected chi connectivity index (χ0v) is 21.4. The summed E-state index contributed by atoms with van der Waals surface area (Å²) >= 11 is 0. The van der Waals surface area contributed by atoms with Crippen LogP contribution < -0.4 is 40.2 Å². The van der Waals surface area contributed by atoms with Gasteiger partial charge in [-0.1, -0.05) is 30.7 Å². The molecule has 1 fully saturated rings. The van der Waals surface area contributed by atoms with Crippen LogP contribution in [0.2, 0.25) is 0 Å². The summed E-state index contributed by atoms with van der Waals surface area (Å²) in [7, 11) is 0. The van der Waals surface area contributed by atoms with Crippen LogP contribution in [-0.4, -0.2) is 63.7 Å². The van der Waals surface area contributed by atoms with E-state index in [2.05, 4.69) is 21.3 Å². The van der Waals surface area contributed by atoms with Gasteiger partial charge in [-0.2, -0.15) is 0 Å². The highest BCUT2D eigenvalue weighted by molar-refractivity contribution is 5.74. The van der Waals surface area contributed by atoms with Gasteiger partial charge in [0.15, 0.2) is 35.2 Å². The summed E-state index contributed by atoms with van der Waals surface area (Å²) in [5, 5.41) is 11.7. The summed E-state index contributed by atoms with van der Waals surface area (Å²) in [6, 6.07) is 14.6. The van der Waals surface area contributed by atoms with Gasteiger partial charge in [-0.05, 0) is 55.4 Å². The molecule has 2 aromatic rings. The van der Waals surface area contributed by atoms with Gasteiger partial charge in [0.1, 0.15) is 13.2 Å². The van der Waals surface area contributed by atoms with Crippen LogP contribution in [0.25, 0.3) is 0 Å². The smallest absolute Gasteiger partial charge is 0.314 e. The van der Waals surface area contributed by atoms with Crippen molar-refractivity contribution in [3.05, 3.63) is 48.5 Å². The zero-order valence-electron chi connectivity index (χ0n) is 21.4. The maximum Gasteiger partial charge on any atom is 0.314 e. The summed E-state index contributed by atoms with van der Waals surface area (Å²) < 4.78 is 23.1. The SMILES string of the molecule is O=C(NC[C@H]1CCC[C@@H](CNC(=O)NC[C@H]2COc3ccccc3O2)C1)NC[C@@H]1COc2ccccc2O1. The van der Waals surface area contributed by atoms with Crippen LogP contribution in [-0.2, 0) is 0 Å². The van der Waals surface area contributed by atoms with Gasteiger partial charge in [0, 0.05) is 13.1 Å². The number of nitrogens with one attached hydrogen (secondary N) is 4. The fourth-order valence-electron chi connectivity index (χ4n) is 5.11. The number of carbonyl (C=O) groups excluding carboxylic acids is 2. The lowest BCUT2D eigenvalue weighted by Crippen LogP contribution is -2.46. The number of rotatable bonds is 8. The lowest BCUT2D eigenvalue weighted by atomic mass is 9.81. The molecule has 4 N–H and O–H groups in total. The van der Waals surface area contributed by atoms with Crippen molar-refractivity contribution in [3.63, 3.8) is 0 Å². The van der Waals surface area contributed by atoms with Crippen LogP contribution >= 0.6 is 0 Å². The quantitative estimate of drug-likeness (QED) is 0.422. The predicted octanol–water partition coefficient (Wildman–Crippen LogP) is 3.07. The van der Waals surface area contributed by atoms with Crippen molar-refractivity contribution in [1.82, 2.24) is 21.3 Å². The Hall–Kier alpha value is -3.82. The molecule has 3 aliphatic rings. The number of fused-ring (bicyclic) bond motifs is 2. The van der Waals surface area contributed by atoms with Gasteiger partial charge >= 0.3 is 12.1 Å². The number of carbonyl (C=O) groups is 2. The second-order valence-corrected chi connectivity index (χ2v) is 10.1. The minimum Gasteiger partial charge on any atom is -0.486 e. The first-order valence-corrected chi connectivity index (χ1v) is 13.4. The van der Waals surface area contributed by atoms with Crippen molar-refractivity contribution in [3.8, 4) is 23.0 Å². The fraction of sp³-hybridized carbons (Fsp3) is 0.500. The second kappa shape index (κ2) is 12.6. The van der Waals surface area contributed by atoms with E-state index in [0.29, 0.717) is 62.7 Å². The van der Waals surface area contributed by atoms with Crippen LogP contribution in [0, 0.1) is 11.8 Å². The van der Waals surface area contributed by atoms with Crippen LogP contribution in [0.15, 0.2) is 48.5 Å². The van der Waals surface area contributed by atoms with Crippen molar-refractivity contribution in [2.75, 3.05) is 39.4 Å². The maximum atomic E-state index is 12.3. The minimum absolute atomic E-state index is 0.205. The average Bonchev–Trinajstić information content (AvgIpc) is 2.97. The van der Waals surface area contributed by atoms with E-state index in [4.69, 9.17) is 18.9 Å². The highest BCUT2D eigenvalue weighted by Crippen LogP contribution is 2.32. The van der Waals surface area contributed by atoms with Gasteiger partial charge in [-0.3, -0.25) is 0 Å². The summed E-state index contributed by atoms with van der Waals surface area (Å²) in [6.07, 6.45) is 3.74. The third-order valence-corrected chi connectivity index (χ3v) is 7.11. The summed E-state index contributed by atoms with van der Waals surface area (Å²) in [5.41, 5.74) is 0. The van der Waals surface area contributed by atoms with E-state index in [1.54, 1.807) is 0 Å². The van der Waals surface area contributed by atoms with Crippen molar-refractivity contribution < 1.29 is 28.5 Å². The molecule has 0 spiro atoms. The first-order valence-electron chi connectivity index (χ1n) is 13.4. The molecule has 204 valence electrons. The van der Waals surface area contributed by atoms with Crippen LogP contribution in [0.3, 0.4) is 0 Å². The van der Waals surface area contributed by atoms with Gasteiger partial charge in [0.05, 0.1) is 13.1 Å². The van der Waals surface area contributed by atoms with Gasteiger partial charge in [-0.15, -0.1) is 0 Å². The molecular weight excluding hydrogens is 488 g/mol. The molecule has 4 amide bonds. The summed E-state index contributed by atoms with van der Waals surface area (Å²) in [4.78, 5) is 24.7. The van der Waals surface area contributed by atoms with Gasteiger partial charge in [-0.25, -0.2) is 9.59 Å². The van der Waals surface area contributed by atoms with Crippen molar-refractivity contribution in [2.24, 2.45) is 11.8 Å². The lowest BCUT2D eigenvalue weighted by molar-refractivity contribution is 0.0916. The normalized spacial score (nSPS) is 23.6. The Labute approximate surface area is 222 Å². The number of hydrogen-bond donors (Lipinski definition) is 4.